The summed E-state index contributed by atoms with van der Waals surface area (Å²) in [5.41, 5.74) is -0.736. The molecule has 0 saturated carbocycles. The van der Waals surface area contributed by atoms with Crippen molar-refractivity contribution in [3.05, 3.63) is 28.5 Å². The molecular weight excluding hydrogens is 317 g/mol. The fourth-order valence-corrected chi connectivity index (χ4v) is 1.70. The molecule has 1 amide bonds. The summed E-state index contributed by atoms with van der Waals surface area (Å²) in [6, 6.07) is 3.94. The predicted octanol–water partition coefficient (Wildman–Crippen LogP) is 2.24. The Balaban J connectivity index is 2.55. The number of halogens is 2. The molecule has 1 rings (SSSR count). The predicted molar refractivity (Wildman–Crippen MR) is 73.5 cm³/mol. The Labute approximate surface area is 120 Å². The van der Waals surface area contributed by atoms with Gasteiger partial charge in [0.1, 0.15) is 11.6 Å². The number of aliphatic hydroxyl groups is 1. The Morgan fingerprint density at radius 3 is 2.74 bits per heavy atom. The zero-order valence-electron chi connectivity index (χ0n) is 11.0. The molecule has 0 aliphatic carbocycles. The van der Waals surface area contributed by atoms with Crippen molar-refractivity contribution in [2.45, 2.75) is 32.4 Å². The lowest BCUT2D eigenvalue weighted by Gasteiger charge is -2.29. The van der Waals surface area contributed by atoms with Crippen LogP contribution in [0, 0.1) is 5.82 Å². The van der Waals surface area contributed by atoms with Gasteiger partial charge in [-0.2, -0.15) is 0 Å². The van der Waals surface area contributed by atoms with Gasteiger partial charge in [-0.05, 0) is 54.9 Å². The lowest BCUT2D eigenvalue weighted by molar-refractivity contribution is -0.126. The van der Waals surface area contributed by atoms with Gasteiger partial charge in [-0.15, -0.1) is 0 Å². The second-order valence-corrected chi connectivity index (χ2v) is 5.66. The summed E-state index contributed by atoms with van der Waals surface area (Å²) in [5.74, 6) is -0.368. The number of hydrogen-bond donors (Lipinski definition) is 2. The van der Waals surface area contributed by atoms with Gasteiger partial charge in [-0.25, -0.2) is 4.39 Å². The van der Waals surface area contributed by atoms with E-state index in [1.165, 1.54) is 18.2 Å². The number of aliphatic hydroxyl groups excluding tert-OH is 1. The molecule has 0 heterocycles. The monoisotopic (exact) mass is 333 g/mol. The highest BCUT2D eigenvalue weighted by molar-refractivity contribution is 9.10. The molecule has 4 nitrogen and oxygen atoms in total. The van der Waals surface area contributed by atoms with E-state index in [1.54, 1.807) is 20.8 Å². The molecule has 0 fully saturated rings. The van der Waals surface area contributed by atoms with E-state index in [0.717, 1.165) is 0 Å². The number of ether oxygens (including phenoxy) is 1. The lowest BCUT2D eigenvalue weighted by atomic mass is 9.99. The summed E-state index contributed by atoms with van der Waals surface area (Å²) in [4.78, 5) is 11.7. The highest BCUT2D eigenvalue weighted by Crippen LogP contribution is 2.25. The first-order valence-corrected chi connectivity index (χ1v) is 6.58. The second-order valence-electron chi connectivity index (χ2n) is 4.81. The van der Waals surface area contributed by atoms with Crippen molar-refractivity contribution >= 4 is 21.8 Å². The molecule has 0 aliphatic rings. The third-order valence-electron chi connectivity index (χ3n) is 2.76. The average Bonchev–Trinajstić information content (AvgIpc) is 2.27. The molecule has 1 atom stereocenters. The topological polar surface area (TPSA) is 58.6 Å². The maximum Gasteiger partial charge on any atom is 0.258 e. The van der Waals surface area contributed by atoms with Crippen molar-refractivity contribution in [3.8, 4) is 5.75 Å². The van der Waals surface area contributed by atoms with E-state index >= 15 is 0 Å². The van der Waals surface area contributed by atoms with Crippen molar-refractivity contribution in [2.75, 3.05) is 6.61 Å². The van der Waals surface area contributed by atoms with Crippen LogP contribution in [-0.2, 0) is 4.79 Å². The van der Waals surface area contributed by atoms with Crippen LogP contribution in [0.15, 0.2) is 22.7 Å². The van der Waals surface area contributed by atoms with Crippen LogP contribution in [0.4, 0.5) is 4.39 Å². The summed E-state index contributed by atoms with van der Waals surface area (Å²) in [6.07, 6.45) is -0.686. The first-order valence-electron chi connectivity index (χ1n) is 5.79. The minimum atomic E-state index is -0.736. The van der Waals surface area contributed by atoms with Gasteiger partial charge < -0.3 is 15.2 Å². The Morgan fingerprint density at radius 1 is 1.58 bits per heavy atom. The van der Waals surface area contributed by atoms with Crippen molar-refractivity contribution in [1.29, 1.82) is 0 Å². The molecule has 1 unspecified atom stereocenters. The number of hydrogen-bond acceptors (Lipinski definition) is 3. The molecule has 106 valence electrons. The van der Waals surface area contributed by atoms with Crippen molar-refractivity contribution in [2.24, 2.45) is 0 Å². The number of nitrogens with one attached hydrogen (secondary N) is 1. The molecule has 1 aromatic carbocycles. The third-order valence-corrected chi connectivity index (χ3v) is 3.38. The summed E-state index contributed by atoms with van der Waals surface area (Å²) in [6.45, 7) is 4.81. The third kappa shape index (κ3) is 4.80. The van der Waals surface area contributed by atoms with Crippen molar-refractivity contribution in [3.63, 3.8) is 0 Å². The largest absolute Gasteiger partial charge is 0.483 e. The standard InChI is InChI=1S/C13H17BrFNO3/c1-8(17)13(2,3)16-12(18)7-19-11-5-4-9(15)6-10(11)14/h4-6,8,17H,7H2,1-3H3,(H,16,18). The maximum absolute atomic E-state index is 12.9. The van der Waals surface area contributed by atoms with Crippen LogP contribution < -0.4 is 10.1 Å². The van der Waals surface area contributed by atoms with E-state index in [2.05, 4.69) is 21.2 Å². The van der Waals surface area contributed by atoms with Gasteiger partial charge in [-0.1, -0.05) is 0 Å². The Morgan fingerprint density at radius 2 is 2.21 bits per heavy atom. The minimum Gasteiger partial charge on any atom is -0.483 e. The number of benzene rings is 1. The summed E-state index contributed by atoms with van der Waals surface area (Å²) >= 11 is 3.15. The first kappa shape index (κ1) is 15.9. The van der Waals surface area contributed by atoms with Gasteiger partial charge in [0.05, 0.1) is 16.1 Å². The van der Waals surface area contributed by atoms with Crippen molar-refractivity contribution < 1.29 is 19.0 Å². The molecule has 0 spiro atoms. The molecular formula is C13H17BrFNO3. The van der Waals surface area contributed by atoms with Crippen LogP contribution in [0.25, 0.3) is 0 Å². The molecule has 1 aromatic rings. The van der Waals surface area contributed by atoms with E-state index in [1.807, 2.05) is 0 Å². The highest BCUT2D eigenvalue weighted by atomic mass is 79.9. The van der Waals surface area contributed by atoms with E-state index < -0.39 is 11.6 Å². The number of carbonyl (C=O) groups is 1. The lowest BCUT2D eigenvalue weighted by Crippen LogP contribution is -2.52. The fraction of sp³-hybridized carbons (Fsp3) is 0.462. The van der Waals surface area contributed by atoms with E-state index in [4.69, 9.17) is 4.74 Å². The van der Waals surface area contributed by atoms with Crippen LogP contribution in [0.3, 0.4) is 0 Å². The molecule has 19 heavy (non-hydrogen) atoms. The average molecular weight is 334 g/mol. The Hall–Kier alpha value is -1.14. The van der Waals surface area contributed by atoms with Gasteiger partial charge in [-0.3, -0.25) is 4.79 Å². The molecule has 6 heteroatoms. The number of rotatable bonds is 5. The summed E-state index contributed by atoms with van der Waals surface area (Å²) in [7, 11) is 0. The molecule has 0 radical (unpaired) electrons. The molecule has 0 saturated heterocycles. The van der Waals surface area contributed by atoms with E-state index in [9.17, 15) is 14.3 Å². The number of carbonyl (C=O) groups excluding carboxylic acids is 1. The van der Waals surface area contributed by atoms with Gasteiger partial charge in [0, 0.05) is 0 Å². The molecule has 0 aliphatic heterocycles. The maximum atomic E-state index is 12.9. The Bertz CT molecular complexity index is 463. The van der Waals surface area contributed by atoms with Crippen LogP contribution in [-0.4, -0.2) is 29.3 Å². The number of amides is 1. The summed E-state index contributed by atoms with van der Waals surface area (Å²) in [5, 5.41) is 12.1. The van der Waals surface area contributed by atoms with Crippen molar-refractivity contribution in [1.82, 2.24) is 5.32 Å². The quantitative estimate of drug-likeness (QED) is 0.868. The normalized spacial score (nSPS) is 12.9. The van der Waals surface area contributed by atoms with Crippen LogP contribution in [0.1, 0.15) is 20.8 Å². The Kier molecular flexibility index (Phi) is 5.31. The molecule has 0 bridgehead atoms. The summed E-state index contributed by atoms with van der Waals surface area (Å²) < 4.78 is 18.6. The zero-order chi connectivity index (χ0) is 14.6. The van der Waals surface area contributed by atoms with Crippen LogP contribution >= 0.6 is 15.9 Å². The highest BCUT2D eigenvalue weighted by Gasteiger charge is 2.26. The first-order chi connectivity index (χ1) is 8.72. The zero-order valence-corrected chi connectivity index (χ0v) is 12.6. The minimum absolute atomic E-state index is 0.208. The smallest absolute Gasteiger partial charge is 0.258 e. The fourth-order valence-electron chi connectivity index (χ4n) is 1.24. The van der Waals surface area contributed by atoms with Gasteiger partial charge in [0.15, 0.2) is 6.61 Å². The van der Waals surface area contributed by atoms with Gasteiger partial charge in [0.25, 0.3) is 5.91 Å². The van der Waals surface area contributed by atoms with E-state index in [-0.39, 0.29) is 18.3 Å². The van der Waals surface area contributed by atoms with Crippen LogP contribution in [0.2, 0.25) is 0 Å². The van der Waals surface area contributed by atoms with Gasteiger partial charge >= 0.3 is 0 Å². The SMILES string of the molecule is CC(O)C(C)(C)NC(=O)COc1ccc(F)cc1Br. The van der Waals surface area contributed by atoms with Crippen LogP contribution in [0.5, 0.6) is 5.75 Å². The molecule has 0 aromatic heterocycles. The second kappa shape index (κ2) is 6.34. The molecule has 2 N–H and O–H groups in total. The van der Waals surface area contributed by atoms with Gasteiger partial charge in [0.2, 0.25) is 0 Å². The van der Waals surface area contributed by atoms with E-state index in [0.29, 0.717) is 10.2 Å².